The van der Waals surface area contributed by atoms with Crippen LogP contribution in [0.5, 0.6) is 5.75 Å². The van der Waals surface area contributed by atoms with Crippen LogP contribution in [0.25, 0.3) is 10.9 Å². The summed E-state index contributed by atoms with van der Waals surface area (Å²) < 4.78 is 5.35. The lowest BCUT2D eigenvalue weighted by Gasteiger charge is -2.16. The summed E-state index contributed by atoms with van der Waals surface area (Å²) in [5.74, 6) is 0.0167. The van der Waals surface area contributed by atoms with E-state index in [0.29, 0.717) is 23.5 Å². The molecule has 42 heavy (non-hydrogen) atoms. The highest BCUT2D eigenvalue weighted by molar-refractivity contribution is 7.99. The minimum Gasteiger partial charge on any atom is -0.497 e. The maximum absolute atomic E-state index is 12.8. The molecule has 5 N–H and O–H groups in total. The Labute approximate surface area is 251 Å². The molecule has 8 nitrogen and oxygen atoms in total. The number of primary amides is 1. The third-order valence-electron chi connectivity index (χ3n) is 6.94. The predicted molar refractivity (Wildman–Crippen MR) is 169 cm³/mol. The van der Waals surface area contributed by atoms with Crippen LogP contribution >= 0.6 is 11.8 Å². The largest absolute Gasteiger partial charge is 0.497 e. The zero-order valence-electron chi connectivity index (χ0n) is 24.1. The fraction of sp³-hybridized carbons (Fsp3) is 0.303. The minimum absolute atomic E-state index is 0.0903. The molecule has 1 aromatic heterocycles. The molecule has 0 unspecified atom stereocenters. The first-order chi connectivity index (χ1) is 20.4. The number of carbonyl (C=O) groups is 2. The van der Waals surface area contributed by atoms with Gasteiger partial charge in [-0.05, 0) is 67.8 Å². The highest BCUT2D eigenvalue weighted by Gasteiger charge is 2.17. The number of aliphatic hydroxyl groups is 1. The molecule has 0 atom stereocenters. The van der Waals surface area contributed by atoms with E-state index in [1.807, 2.05) is 67.6 Å². The summed E-state index contributed by atoms with van der Waals surface area (Å²) in [6.45, 7) is 2.87. The van der Waals surface area contributed by atoms with Gasteiger partial charge in [-0.3, -0.25) is 14.6 Å². The number of aromatic nitrogens is 1. The molecule has 0 saturated heterocycles. The number of hydrogen-bond donors (Lipinski definition) is 4. The molecule has 4 aromatic rings. The van der Waals surface area contributed by atoms with Crippen LogP contribution in [-0.2, 0) is 0 Å². The number of amides is 2. The van der Waals surface area contributed by atoms with E-state index in [4.69, 9.17) is 15.6 Å². The van der Waals surface area contributed by atoms with Crippen molar-refractivity contribution in [3.05, 3.63) is 83.6 Å². The normalized spacial score (nSPS) is 10.9. The lowest BCUT2D eigenvalue weighted by molar-refractivity contribution is 0.0951. The molecule has 2 amide bonds. The number of aliphatic hydroxyl groups excluding tert-OH is 1. The molecule has 4 rings (SSSR count). The summed E-state index contributed by atoms with van der Waals surface area (Å²) in [7, 11) is 1.60. The number of hydrogen-bond acceptors (Lipinski definition) is 7. The smallest absolute Gasteiger partial charge is 0.252 e. The molecule has 0 spiro atoms. The number of anilines is 2. The Kier molecular flexibility index (Phi) is 11.2. The summed E-state index contributed by atoms with van der Waals surface area (Å²) in [6, 6.07) is 19.1. The van der Waals surface area contributed by atoms with Crippen molar-refractivity contribution in [3.8, 4) is 5.75 Å². The number of carbonyl (C=O) groups excluding carboxylic acids is 2. The van der Waals surface area contributed by atoms with Gasteiger partial charge in [0, 0.05) is 51.8 Å². The number of aryl methyl sites for hydroxylation is 1. The average molecular weight is 587 g/mol. The van der Waals surface area contributed by atoms with Crippen LogP contribution < -0.4 is 21.1 Å². The number of nitrogens with one attached hydrogen (secondary N) is 2. The maximum Gasteiger partial charge on any atom is 0.252 e. The number of nitrogens with zero attached hydrogens (tertiary/aromatic N) is 1. The fourth-order valence-electron chi connectivity index (χ4n) is 4.76. The van der Waals surface area contributed by atoms with Gasteiger partial charge in [-0.25, -0.2) is 0 Å². The lowest BCUT2D eigenvalue weighted by Crippen LogP contribution is -2.24. The van der Waals surface area contributed by atoms with Gasteiger partial charge in [0.05, 0.1) is 23.9 Å². The lowest BCUT2D eigenvalue weighted by atomic mass is 10.1. The van der Waals surface area contributed by atoms with Crippen LogP contribution in [-0.4, -0.2) is 42.2 Å². The number of pyridine rings is 1. The van der Waals surface area contributed by atoms with E-state index in [2.05, 4.69) is 15.6 Å². The van der Waals surface area contributed by atoms with Crippen LogP contribution in [0.15, 0.2) is 76.7 Å². The Balaban J connectivity index is 1.52. The van der Waals surface area contributed by atoms with Gasteiger partial charge in [-0.15, -0.1) is 0 Å². The van der Waals surface area contributed by atoms with Crippen molar-refractivity contribution < 1.29 is 19.4 Å². The van der Waals surface area contributed by atoms with Gasteiger partial charge in [-0.1, -0.05) is 49.6 Å². The highest BCUT2D eigenvalue weighted by atomic mass is 32.2. The van der Waals surface area contributed by atoms with Crippen LogP contribution in [0.4, 0.5) is 11.4 Å². The summed E-state index contributed by atoms with van der Waals surface area (Å²) in [5, 5.41) is 16.0. The number of fused-ring (bicyclic) bond motifs is 1. The van der Waals surface area contributed by atoms with Gasteiger partial charge in [0.2, 0.25) is 0 Å². The molecular formula is C33H38N4O4S. The molecule has 0 saturated carbocycles. The van der Waals surface area contributed by atoms with Crippen molar-refractivity contribution in [1.82, 2.24) is 10.3 Å². The predicted octanol–water partition coefficient (Wildman–Crippen LogP) is 6.61. The summed E-state index contributed by atoms with van der Waals surface area (Å²) in [5.41, 5.74) is 9.67. The van der Waals surface area contributed by atoms with Crippen molar-refractivity contribution in [2.75, 3.05) is 25.6 Å². The van der Waals surface area contributed by atoms with Gasteiger partial charge < -0.3 is 26.2 Å². The van der Waals surface area contributed by atoms with Gasteiger partial charge in [0.1, 0.15) is 5.75 Å². The Morgan fingerprint density at radius 3 is 2.48 bits per heavy atom. The van der Waals surface area contributed by atoms with E-state index >= 15 is 0 Å². The third kappa shape index (κ3) is 8.24. The number of benzene rings is 3. The van der Waals surface area contributed by atoms with E-state index in [1.54, 1.807) is 7.11 Å². The Morgan fingerprint density at radius 1 is 0.952 bits per heavy atom. The van der Waals surface area contributed by atoms with Gasteiger partial charge in [0.25, 0.3) is 11.8 Å². The molecule has 0 aliphatic rings. The SMILES string of the molecule is COc1cccc(Nc2c(C(N)=O)cnc3c(C)cc(Sc4cccc(C(=O)NCCCCCCCCO)c4)cc23)c1. The first-order valence-corrected chi connectivity index (χ1v) is 15.0. The Hall–Kier alpha value is -4.08. The second kappa shape index (κ2) is 15.2. The molecule has 9 heteroatoms. The molecule has 0 fully saturated rings. The molecule has 0 aliphatic carbocycles. The zero-order valence-corrected chi connectivity index (χ0v) is 24.9. The fourth-order valence-corrected chi connectivity index (χ4v) is 5.77. The maximum atomic E-state index is 12.8. The van der Waals surface area contributed by atoms with Crippen molar-refractivity contribution in [3.63, 3.8) is 0 Å². The molecule has 1 heterocycles. The molecule has 0 bridgehead atoms. The topological polar surface area (TPSA) is 127 Å². The van der Waals surface area contributed by atoms with Crippen molar-refractivity contribution in [1.29, 1.82) is 0 Å². The van der Waals surface area contributed by atoms with Gasteiger partial charge in [0.15, 0.2) is 0 Å². The molecule has 0 radical (unpaired) electrons. The number of methoxy groups -OCH3 is 1. The highest BCUT2D eigenvalue weighted by Crippen LogP contribution is 2.37. The van der Waals surface area contributed by atoms with E-state index in [9.17, 15) is 9.59 Å². The standard InChI is InChI=1S/C33H38N4O4S/c1-22-17-27(42-26-14-9-11-23(18-26)33(40)35-15-7-5-3-4-6-8-16-38)20-28-30(22)36-21-29(32(34)39)31(28)37-24-12-10-13-25(19-24)41-2/h9-14,17-21,38H,3-8,15-16H2,1-2H3,(H2,34,39)(H,35,40)(H,36,37). The first-order valence-electron chi connectivity index (χ1n) is 14.2. The van der Waals surface area contributed by atoms with Crippen molar-refractivity contribution in [2.24, 2.45) is 5.73 Å². The summed E-state index contributed by atoms with van der Waals surface area (Å²) in [4.78, 5) is 31.6. The van der Waals surface area contributed by atoms with Crippen LogP contribution in [0, 0.1) is 6.92 Å². The van der Waals surface area contributed by atoms with Gasteiger partial charge >= 0.3 is 0 Å². The number of nitrogens with two attached hydrogens (primary N) is 1. The van der Waals surface area contributed by atoms with E-state index in [-0.39, 0.29) is 18.1 Å². The number of ether oxygens (including phenoxy) is 1. The number of rotatable bonds is 15. The van der Waals surface area contributed by atoms with Crippen LogP contribution in [0.3, 0.4) is 0 Å². The monoisotopic (exact) mass is 586 g/mol. The quantitative estimate of drug-likeness (QED) is 0.116. The second-order valence-corrected chi connectivity index (χ2v) is 11.3. The van der Waals surface area contributed by atoms with Crippen LogP contribution in [0.1, 0.15) is 64.8 Å². The molecular weight excluding hydrogens is 548 g/mol. The molecule has 0 aliphatic heterocycles. The minimum atomic E-state index is -0.578. The van der Waals surface area contributed by atoms with Crippen molar-refractivity contribution >= 4 is 45.9 Å². The Morgan fingerprint density at radius 2 is 1.71 bits per heavy atom. The molecule has 3 aromatic carbocycles. The summed E-state index contributed by atoms with van der Waals surface area (Å²) >= 11 is 1.54. The first kappa shape index (κ1) is 30.9. The van der Waals surface area contributed by atoms with Crippen molar-refractivity contribution in [2.45, 2.75) is 55.2 Å². The van der Waals surface area contributed by atoms with E-state index in [1.165, 1.54) is 18.0 Å². The number of unbranched alkanes of at least 4 members (excludes halogenated alkanes) is 5. The van der Waals surface area contributed by atoms with Crippen LogP contribution in [0.2, 0.25) is 0 Å². The second-order valence-electron chi connectivity index (χ2n) is 10.1. The summed E-state index contributed by atoms with van der Waals surface area (Å²) in [6.07, 6.45) is 7.63. The van der Waals surface area contributed by atoms with Gasteiger partial charge in [-0.2, -0.15) is 0 Å². The van der Waals surface area contributed by atoms with E-state index < -0.39 is 5.91 Å². The molecule has 220 valence electrons. The average Bonchev–Trinajstić information content (AvgIpc) is 2.99. The third-order valence-corrected chi connectivity index (χ3v) is 7.90. The zero-order chi connectivity index (χ0) is 29.9. The van der Waals surface area contributed by atoms with E-state index in [0.717, 1.165) is 70.5 Å². The Bertz CT molecular complexity index is 1540.